The van der Waals surface area contributed by atoms with Crippen LogP contribution in [0.15, 0.2) is 4.79 Å². The maximum absolute atomic E-state index is 11.1. The fourth-order valence-electron chi connectivity index (χ4n) is 1.89. The van der Waals surface area contributed by atoms with E-state index in [0.717, 1.165) is 25.1 Å². The Balaban J connectivity index is 2.30. The molecule has 0 saturated heterocycles. The molecule has 0 bridgehead atoms. The smallest absolute Gasteiger partial charge is 0.304 e. The van der Waals surface area contributed by atoms with Crippen LogP contribution in [0.1, 0.15) is 36.4 Å². The number of H-pyrrole nitrogens is 1. The van der Waals surface area contributed by atoms with Gasteiger partial charge in [0.05, 0.1) is 0 Å². The first-order valence-electron chi connectivity index (χ1n) is 4.76. The molecule has 2 rings (SSSR count). The number of aryl methyl sites for hydroxylation is 1. The molecule has 0 amide bonds. The van der Waals surface area contributed by atoms with Crippen LogP contribution >= 0.6 is 11.3 Å². The van der Waals surface area contributed by atoms with E-state index < -0.39 is 0 Å². The highest BCUT2D eigenvalue weighted by molar-refractivity contribution is 7.09. The predicted octanol–water partition coefficient (Wildman–Crippen LogP) is 1.42. The summed E-state index contributed by atoms with van der Waals surface area (Å²) in [5.41, 5.74) is 1.16. The van der Waals surface area contributed by atoms with Crippen molar-refractivity contribution in [2.45, 2.75) is 32.2 Å². The molecular formula is C9H14N2OS. The highest BCUT2D eigenvalue weighted by Gasteiger charge is 2.22. The zero-order chi connectivity index (χ0) is 9.26. The van der Waals surface area contributed by atoms with Crippen molar-refractivity contribution in [3.8, 4) is 0 Å². The zero-order valence-corrected chi connectivity index (χ0v) is 8.54. The molecule has 0 spiro atoms. The quantitative estimate of drug-likeness (QED) is 0.755. The van der Waals surface area contributed by atoms with Gasteiger partial charge in [-0.1, -0.05) is 18.3 Å². The Hall–Kier alpha value is -0.610. The van der Waals surface area contributed by atoms with Crippen LogP contribution in [-0.4, -0.2) is 11.5 Å². The van der Waals surface area contributed by atoms with Crippen LogP contribution in [0.4, 0.5) is 0 Å². The Morgan fingerprint density at radius 2 is 2.54 bits per heavy atom. The van der Waals surface area contributed by atoms with Gasteiger partial charge in [-0.2, -0.15) is 0 Å². The molecule has 1 atom stereocenters. The summed E-state index contributed by atoms with van der Waals surface area (Å²) in [7, 11) is 0. The van der Waals surface area contributed by atoms with Crippen molar-refractivity contribution < 1.29 is 0 Å². The van der Waals surface area contributed by atoms with Crippen LogP contribution in [-0.2, 0) is 6.42 Å². The molecule has 2 N–H and O–H groups in total. The molecule has 1 heterocycles. The van der Waals surface area contributed by atoms with Gasteiger partial charge < -0.3 is 10.3 Å². The molecular weight excluding hydrogens is 184 g/mol. The number of hydrogen-bond acceptors (Lipinski definition) is 3. The second kappa shape index (κ2) is 3.64. The summed E-state index contributed by atoms with van der Waals surface area (Å²) in [5, 5.41) is 3.41. The molecule has 0 radical (unpaired) electrons. The minimum Gasteiger partial charge on any atom is -0.316 e. The highest BCUT2D eigenvalue weighted by Crippen LogP contribution is 2.29. The summed E-state index contributed by atoms with van der Waals surface area (Å²) in [6, 6.07) is 0.415. The SMILES string of the molecule is CCNC1CCCc2[nH]c(=O)sc21. The Morgan fingerprint density at radius 3 is 3.31 bits per heavy atom. The standard InChI is InChI=1S/C9H14N2OS/c1-2-10-6-4-3-5-7-8(6)13-9(12)11-7/h6,10H,2-5H2,1H3,(H,11,12). The number of hydrogen-bond donors (Lipinski definition) is 2. The molecule has 13 heavy (non-hydrogen) atoms. The van der Waals surface area contributed by atoms with Gasteiger partial charge in [-0.3, -0.25) is 4.79 Å². The third-order valence-electron chi connectivity index (χ3n) is 2.44. The van der Waals surface area contributed by atoms with Gasteiger partial charge in [0.2, 0.25) is 0 Å². The van der Waals surface area contributed by atoms with Crippen LogP contribution in [0, 0.1) is 0 Å². The lowest BCUT2D eigenvalue weighted by Crippen LogP contribution is -2.23. The molecule has 0 saturated carbocycles. The maximum Gasteiger partial charge on any atom is 0.304 e. The molecule has 0 fully saturated rings. The number of aromatic nitrogens is 1. The van der Waals surface area contributed by atoms with Gasteiger partial charge in [0.25, 0.3) is 0 Å². The minimum atomic E-state index is 0.0924. The third-order valence-corrected chi connectivity index (χ3v) is 3.48. The van der Waals surface area contributed by atoms with Crippen LogP contribution < -0.4 is 10.2 Å². The number of aromatic amines is 1. The summed E-state index contributed by atoms with van der Waals surface area (Å²) in [6.07, 6.45) is 3.38. The molecule has 1 aromatic heterocycles. The van der Waals surface area contributed by atoms with Crippen molar-refractivity contribution in [3.63, 3.8) is 0 Å². The van der Waals surface area contributed by atoms with Gasteiger partial charge in [0, 0.05) is 16.6 Å². The highest BCUT2D eigenvalue weighted by atomic mass is 32.1. The normalized spacial score (nSPS) is 21.5. The summed E-state index contributed by atoms with van der Waals surface area (Å²) in [6.45, 7) is 3.07. The van der Waals surface area contributed by atoms with Crippen LogP contribution in [0.3, 0.4) is 0 Å². The Bertz CT molecular complexity index is 342. The zero-order valence-electron chi connectivity index (χ0n) is 7.72. The van der Waals surface area contributed by atoms with E-state index in [4.69, 9.17) is 0 Å². The largest absolute Gasteiger partial charge is 0.316 e. The number of fused-ring (bicyclic) bond motifs is 1. The van der Waals surface area contributed by atoms with Gasteiger partial charge in [0.1, 0.15) is 0 Å². The van der Waals surface area contributed by atoms with Crippen LogP contribution in [0.25, 0.3) is 0 Å². The van der Waals surface area contributed by atoms with Crippen molar-refractivity contribution in [2.75, 3.05) is 6.54 Å². The molecule has 4 heteroatoms. The number of nitrogens with one attached hydrogen (secondary N) is 2. The lowest BCUT2D eigenvalue weighted by molar-refractivity contribution is 0.476. The molecule has 1 aliphatic carbocycles. The van der Waals surface area contributed by atoms with Gasteiger partial charge in [-0.25, -0.2) is 0 Å². The molecule has 1 aromatic rings. The van der Waals surface area contributed by atoms with E-state index >= 15 is 0 Å². The first kappa shape index (κ1) is 8.97. The first-order chi connectivity index (χ1) is 6.31. The van der Waals surface area contributed by atoms with Gasteiger partial charge in [0.15, 0.2) is 0 Å². The maximum atomic E-state index is 11.1. The number of rotatable bonds is 2. The second-order valence-electron chi connectivity index (χ2n) is 3.36. The summed E-state index contributed by atoms with van der Waals surface area (Å²) in [5.74, 6) is 0. The lowest BCUT2D eigenvalue weighted by atomic mass is 9.98. The molecule has 3 nitrogen and oxygen atoms in total. The Labute approximate surface area is 81.2 Å². The Kier molecular flexibility index (Phi) is 2.51. The molecule has 1 aliphatic rings. The second-order valence-corrected chi connectivity index (χ2v) is 4.37. The van der Waals surface area contributed by atoms with Crippen molar-refractivity contribution in [1.82, 2.24) is 10.3 Å². The summed E-state index contributed by atoms with van der Waals surface area (Å²) < 4.78 is 0. The van der Waals surface area contributed by atoms with E-state index in [1.165, 1.54) is 22.6 Å². The average molecular weight is 198 g/mol. The van der Waals surface area contributed by atoms with Gasteiger partial charge >= 0.3 is 4.87 Å². The van der Waals surface area contributed by atoms with Crippen LogP contribution in [0.2, 0.25) is 0 Å². The lowest BCUT2D eigenvalue weighted by Gasteiger charge is -2.21. The average Bonchev–Trinajstić information content (AvgIpc) is 2.47. The van der Waals surface area contributed by atoms with Crippen molar-refractivity contribution in [3.05, 3.63) is 20.2 Å². The number of thiazole rings is 1. The fourth-order valence-corrected chi connectivity index (χ4v) is 2.89. The summed E-state index contributed by atoms with van der Waals surface area (Å²) >= 11 is 1.36. The van der Waals surface area contributed by atoms with Gasteiger partial charge in [-0.05, 0) is 25.8 Å². The van der Waals surface area contributed by atoms with E-state index in [9.17, 15) is 4.79 Å². The van der Waals surface area contributed by atoms with E-state index in [-0.39, 0.29) is 4.87 Å². The molecule has 1 unspecified atom stereocenters. The minimum absolute atomic E-state index is 0.0924. The molecule has 0 aromatic carbocycles. The summed E-state index contributed by atoms with van der Waals surface area (Å²) in [4.78, 5) is 15.4. The van der Waals surface area contributed by atoms with E-state index in [0.29, 0.717) is 6.04 Å². The van der Waals surface area contributed by atoms with Crippen LogP contribution in [0.5, 0.6) is 0 Å². The first-order valence-corrected chi connectivity index (χ1v) is 5.58. The molecule has 72 valence electrons. The van der Waals surface area contributed by atoms with E-state index in [1.54, 1.807) is 0 Å². The monoisotopic (exact) mass is 198 g/mol. The van der Waals surface area contributed by atoms with E-state index in [1.807, 2.05) is 0 Å². The topological polar surface area (TPSA) is 44.9 Å². The van der Waals surface area contributed by atoms with Crippen molar-refractivity contribution in [1.29, 1.82) is 0 Å². The Morgan fingerprint density at radius 1 is 1.69 bits per heavy atom. The fraction of sp³-hybridized carbons (Fsp3) is 0.667. The molecule has 0 aliphatic heterocycles. The van der Waals surface area contributed by atoms with Gasteiger partial charge in [-0.15, -0.1) is 0 Å². The van der Waals surface area contributed by atoms with Crippen molar-refractivity contribution >= 4 is 11.3 Å². The third kappa shape index (κ3) is 1.69. The van der Waals surface area contributed by atoms with Crippen molar-refractivity contribution in [2.24, 2.45) is 0 Å². The van der Waals surface area contributed by atoms with E-state index in [2.05, 4.69) is 17.2 Å². The predicted molar refractivity (Wildman–Crippen MR) is 54.3 cm³/mol.